The molecule has 4 heteroatoms. The fraction of sp³-hybridized carbons (Fsp3) is 0.615. The van der Waals surface area contributed by atoms with Crippen molar-refractivity contribution < 1.29 is 9.21 Å². The molecule has 1 atom stereocenters. The number of furan rings is 1. The van der Waals surface area contributed by atoms with Gasteiger partial charge in [-0.15, -0.1) is 0 Å². The van der Waals surface area contributed by atoms with E-state index in [-0.39, 0.29) is 5.91 Å². The van der Waals surface area contributed by atoms with E-state index in [9.17, 15) is 4.79 Å². The minimum Gasteiger partial charge on any atom is -0.456 e. The van der Waals surface area contributed by atoms with Crippen molar-refractivity contribution >= 4 is 17.7 Å². The molecular formula is C13H19NO2S. The highest BCUT2D eigenvalue weighted by Crippen LogP contribution is 2.26. The molecule has 3 nitrogen and oxygen atoms in total. The van der Waals surface area contributed by atoms with E-state index in [4.69, 9.17) is 4.42 Å². The Bertz CT molecular complexity index is 400. The Kier molecular flexibility index (Phi) is 3.82. The van der Waals surface area contributed by atoms with Crippen LogP contribution >= 0.6 is 11.8 Å². The first-order valence-electron chi connectivity index (χ1n) is 6.05. The van der Waals surface area contributed by atoms with E-state index < -0.39 is 0 Å². The van der Waals surface area contributed by atoms with Crippen molar-refractivity contribution in [1.82, 2.24) is 4.90 Å². The second-order valence-electron chi connectivity index (χ2n) is 4.81. The Balaban J connectivity index is 2.04. The number of nitrogens with zero attached hydrogens (tertiary/aromatic N) is 1. The van der Waals surface area contributed by atoms with E-state index in [2.05, 4.69) is 13.8 Å². The fourth-order valence-corrected chi connectivity index (χ4v) is 3.27. The number of hydrogen-bond donors (Lipinski definition) is 0. The summed E-state index contributed by atoms with van der Waals surface area (Å²) in [7, 11) is 0. The molecule has 1 aliphatic heterocycles. The van der Waals surface area contributed by atoms with E-state index >= 15 is 0 Å². The van der Waals surface area contributed by atoms with Crippen LogP contribution in [0.5, 0.6) is 0 Å². The molecule has 0 radical (unpaired) electrons. The third-order valence-electron chi connectivity index (χ3n) is 3.08. The zero-order valence-corrected chi connectivity index (χ0v) is 11.4. The lowest BCUT2D eigenvalue weighted by Gasteiger charge is -2.33. The van der Waals surface area contributed by atoms with Gasteiger partial charge >= 0.3 is 0 Å². The Labute approximate surface area is 107 Å². The molecule has 94 valence electrons. The summed E-state index contributed by atoms with van der Waals surface area (Å²) < 4.78 is 5.40. The van der Waals surface area contributed by atoms with E-state index in [0.29, 0.717) is 16.9 Å². The minimum absolute atomic E-state index is 0.0315. The summed E-state index contributed by atoms with van der Waals surface area (Å²) >= 11 is 1.97. The van der Waals surface area contributed by atoms with Crippen LogP contribution in [-0.2, 0) is 0 Å². The molecule has 2 heterocycles. The second kappa shape index (κ2) is 5.17. The van der Waals surface area contributed by atoms with Crippen molar-refractivity contribution in [2.75, 3.05) is 18.8 Å². The standard InChI is InChI=1S/C13H19NO2S/c1-9(2)12-8-14(6-7-17-12)13(15)11-5-4-10(3)16-11/h4-5,9,12H,6-8H2,1-3H3. The second-order valence-corrected chi connectivity index (χ2v) is 6.16. The van der Waals surface area contributed by atoms with Gasteiger partial charge in [0.05, 0.1) is 0 Å². The largest absolute Gasteiger partial charge is 0.456 e. The number of carbonyl (C=O) groups excluding carboxylic acids is 1. The van der Waals surface area contributed by atoms with E-state index in [1.807, 2.05) is 29.7 Å². The van der Waals surface area contributed by atoms with Gasteiger partial charge in [0, 0.05) is 24.1 Å². The Morgan fingerprint density at radius 1 is 1.53 bits per heavy atom. The average molecular weight is 253 g/mol. The van der Waals surface area contributed by atoms with Gasteiger partial charge in [-0.2, -0.15) is 11.8 Å². The lowest BCUT2D eigenvalue weighted by Crippen LogP contribution is -2.43. The molecule has 0 bridgehead atoms. The highest BCUT2D eigenvalue weighted by Gasteiger charge is 2.27. The molecule has 17 heavy (non-hydrogen) atoms. The molecule has 1 saturated heterocycles. The molecule has 0 spiro atoms. The van der Waals surface area contributed by atoms with Crippen LogP contribution in [0.15, 0.2) is 16.5 Å². The fourth-order valence-electron chi connectivity index (χ4n) is 1.97. The summed E-state index contributed by atoms with van der Waals surface area (Å²) in [6.07, 6.45) is 0. The summed E-state index contributed by atoms with van der Waals surface area (Å²) in [5, 5.41) is 0.545. The van der Waals surface area contributed by atoms with Crippen molar-refractivity contribution in [2.45, 2.75) is 26.0 Å². The number of carbonyl (C=O) groups is 1. The average Bonchev–Trinajstić information content (AvgIpc) is 2.75. The van der Waals surface area contributed by atoms with E-state index in [0.717, 1.165) is 24.6 Å². The zero-order chi connectivity index (χ0) is 12.4. The van der Waals surface area contributed by atoms with Gasteiger partial charge in [0.15, 0.2) is 5.76 Å². The first-order chi connectivity index (χ1) is 8.08. The maximum absolute atomic E-state index is 12.2. The topological polar surface area (TPSA) is 33.5 Å². The van der Waals surface area contributed by atoms with Gasteiger partial charge in [-0.05, 0) is 25.0 Å². The highest BCUT2D eigenvalue weighted by atomic mass is 32.2. The summed E-state index contributed by atoms with van der Waals surface area (Å²) in [5.74, 6) is 2.92. The SMILES string of the molecule is Cc1ccc(C(=O)N2CCSC(C(C)C)C2)o1. The van der Waals surface area contributed by atoms with Crippen molar-refractivity contribution in [2.24, 2.45) is 5.92 Å². The maximum Gasteiger partial charge on any atom is 0.289 e. The van der Waals surface area contributed by atoms with Crippen LogP contribution in [0.1, 0.15) is 30.2 Å². The zero-order valence-electron chi connectivity index (χ0n) is 10.6. The lowest BCUT2D eigenvalue weighted by atomic mass is 10.1. The molecular weight excluding hydrogens is 234 g/mol. The predicted octanol–water partition coefficient (Wildman–Crippen LogP) is 2.80. The Morgan fingerprint density at radius 3 is 2.88 bits per heavy atom. The van der Waals surface area contributed by atoms with Crippen molar-refractivity contribution in [3.05, 3.63) is 23.7 Å². The van der Waals surface area contributed by atoms with Crippen molar-refractivity contribution in [3.8, 4) is 0 Å². The number of aryl methyl sites for hydroxylation is 1. The van der Waals surface area contributed by atoms with E-state index in [1.54, 1.807) is 6.07 Å². The molecule has 1 aromatic heterocycles. The number of rotatable bonds is 2. The molecule has 1 aromatic rings. The van der Waals surface area contributed by atoms with Crippen LogP contribution in [0, 0.1) is 12.8 Å². The van der Waals surface area contributed by atoms with Gasteiger partial charge in [0.2, 0.25) is 0 Å². The van der Waals surface area contributed by atoms with Crippen LogP contribution in [0.3, 0.4) is 0 Å². The van der Waals surface area contributed by atoms with Gasteiger partial charge in [-0.1, -0.05) is 13.8 Å². The van der Waals surface area contributed by atoms with Gasteiger partial charge < -0.3 is 9.32 Å². The van der Waals surface area contributed by atoms with Crippen LogP contribution in [-0.4, -0.2) is 34.9 Å². The maximum atomic E-state index is 12.2. The first-order valence-corrected chi connectivity index (χ1v) is 7.10. The summed E-state index contributed by atoms with van der Waals surface area (Å²) in [4.78, 5) is 14.1. The lowest BCUT2D eigenvalue weighted by molar-refractivity contribution is 0.0722. The molecule has 1 fully saturated rings. The number of hydrogen-bond acceptors (Lipinski definition) is 3. The van der Waals surface area contributed by atoms with Gasteiger partial charge in [0.1, 0.15) is 5.76 Å². The normalized spacial score (nSPS) is 20.9. The molecule has 2 rings (SSSR count). The van der Waals surface area contributed by atoms with Crippen LogP contribution < -0.4 is 0 Å². The number of thioether (sulfide) groups is 1. The van der Waals surface area contributed by atoms with Crippen molar-refractivity contribution in [3.63, 3.8) is 0 Å². The van der Waals surface area contributed by atoms with Crippen LogP contribution in [0.2, 0.25) is 0 Å². The van der Waals surface area contributed by atoms with Gasteiger partial charge in [-0.3, -0.25) is 4.79 Å². The van der Waals surface area contributed by atoms with Gasteiger partial charge in [-0.25, -0.2) is 0 Å². The highest BCUT2D eigenvalue weighted by molar-refractivity contribution is 8.00. The molecule has 1 unspecified atom stereocenters. The summed E-state index contributed by atoms with van der Waals surface area (Å²) in [5.41, 5.74) is 0. The monoisotopic (exact) mass is 253 g/mol. The third-order valence-corrected chi connectivity index (χ3v) is 4.62. The summed E-state index contributed by atoms with van der Waals surface area (Å²) in [6.45, 7) is 7.94. The van der Waals surface area contributed by atoms with Crippen LogP contribution in [0.25, 0.3) is 0 Å². The van der Waals surface area contributed by atoms with Gasteiger partial charge in [0.25, 0.3) is 5.91 Å². The minimum atomic E-state index is 0.0315. The van der Waals surface area contributed by atoms with E-state index in [1.165, 1.54) is 0 Å². The smallest absolute Gasteiger partial charge is 0.289 e. The first kappa shape index (κ1) is 12.6. The summed E-state index contributed by atoms with van der Waals surface area (Å²) in [6, 6.07) is 3.61. The molecule has 1 amide bonds. The predicted molar refractivity (Wildman–Crippen MR) is 70.4 cm³/mol. The molecule has 0 aromatic carbocycles. The van der Waals surface area contributed by atoms with Crippen LogP contribution in [0.4, 0.5) is 0 Å². The third kappa shape index (κ3) is 2.86. The van der Waals surface area contributed by atoms with Crippen molar-refractivity contribution in [1.29, 1.82) is 0 Å². The molecule has 0 saturated carbocycles. The molecule has 0 aliphatic carbocycles. The molecule has 1 aliphatic rings. The Morgan fingerprint density at radius 2 is 2.29 bits per heavy atom. The molecule has 0 N–H and O–H groups in total. The quantitative estimate of drug-likeness (QED) is 0.812. The number of amides is 1. The Hall–Kier alpha value is -0.900.